The predicted molar refractivity (Wildman–Crippen MR) is 81.1 cm³/mol. The van der Waals surface area contributed by atoms with Crippen molar-refractivity contribution in [2.75, 3.05) is 0 Å². The molecule has 0 aliphatic heterocycles. The van der Waals surface area contributed by atoms with E-state index in [9.17, 15) is 0 Å². The minimum atomic E-state index is 0.202. The molecular formula is C18H24N+. The van der Waals surface area contributed by atoms with Gasteiger partial charge in [0.05, 0.1) is 0 Å². The van der Waals surface area contributed by atoms with Crippen LogP contribution in [0.1, 0.15) is 38.4 Å². The Kier molecular flexibility index (Phi) is 3.75. The lowest BCUT2D eigenvalue weighted by Crippen LogP contribution is -2.42. The van der Waals surface area contributed by atoms with Crippen LogP contribution in [0.15, 0.2) is 42.5 Å². The van der Waals surface area contributed by atoms with Gasteiger partial charge in [-0.05, 0) is 44.9 Å². The zero-order chi connectivity index (χ0) is 14.0. The third-order valence-corrected chi connectivity index (χ3v) is 4.23. The van der Waals surface area contributed by atoms with Gasteiger partial charge in [-0.15, -0.1) is 0 Å². The number of hydrogen-bond donors (Lipinski definition) is 0. The van der Waals surface area contributed by atoms with Gasteiger partial charge in [-0.25, -0.2) is 0 Å². The second-order valence-corrected chi connectivity index (χ2v) is 5.91. The molecule has 0 saturated heterocycles. The van der Waals surface area contributed by atoms with Crippen molar-refractivity contribution in [3.63, 3.8) is 0 Å². The monoisotopic (exact) mass is 254 g/mol. The van der Waals surface area contributed by atoms with Crippen LogP contribution in [0, 0.1) is 6.92 Å². The molecule has 19 heavy (non-hydrogen) atoms. The Morgan fingerprint density at radius 2 is 1.68 bits per heavy atom. The first-order chi connectivity index (χ1) is 8.97. The van der Waals surface area contributed by atoms with Crippen LogP contribution >= 0.6 is 0 Å². The summed E-state index contributed by atoms with van der Waals surface area (Å²) in [5.74, 6) is 0. The summed E-state index contributed by atoms with van der Waals surface area (Å²) in [6, 6.07) is 15.2. The fraction of sp³-hybridized carbons (Fsp3) is 0.389. The Bertz CT molecular complexity index is 582. The van der Waals surface area contributed by atoms with Crippen LogP contribution in [0.25, 0.3) is 11.3 Å². The van der Waals surface area contributed by atoms with E-state index in [1.54, 1.807) is 0 Å². The number of hydrogen-bond acceptors (Lipinski definition) is 0. The lowest BCUT2D eigenvalue weighted by Gasteiger charge is -2.20. The van der Waals surface area contributed by atoms with Crippen LogP contribution < -0.4 is 4.57 Å². The lowest BCUT2D eigenvalue weighted by molar-refractivity contribution is -0.671. The molecule has 0 bridgehead atoms. The highest BCUT2D eigenvalue weighted by Crippen LogP contribution is 2.26. The van der Waals surface area contributed by atoms with Crippen molar-refractivity contribution < 1.29 is 4.57 Å². The van der Waals surface area contributed by atoms with Crippen molar-refractivity contribution in [1.29, 1.82) is 0 Å². The summed E-state index contributed by atoms with van der Waals surface area (Å²) >= 11 is 0. The van der Waals surface area contributed by atoms with Crippen molar-refractivity contribution in [2.24, 2.45) is 7.05 Å². The second-order valence-electron chi connectivity index (χ2n) is 5.91. The summed E-state index contributed by atoms with van der Waals surface area (Å²) in [5.41, 5.74) is 5.52. The Labute approximate surface area is 116 Å². The molecule has 0 aliphatic rings. The minimum absolute atomic E-state index is 0.202. The third kappa shape index (κ3) is 2.56. The van der Waals surface area contributed by atoms with Gasteiger partial charge in [0, 0.05) is 23.1 Å². The summed E-state index contributed by atoms with van der Waals surface area (Å²) in [7, 11) is 2.18. The number of aryl methyl sites for hydroxylation is 1. The van der Waals surface area contributed by atoms with Crippen LogP contribution in [0.2, 0.25) is 0 Å². The molecule has 0 radical (unpaired) electrons. The van der Waals surface area contributed by atoms with Crippen LogP contribution in [-0.2, 0) is 12.5 Å². The molecule has 0 N–H and O–H groups in total. The average Bonchev–Trinajstić information content (AvgIpc) is 2.40. The van der Waals surface area contributed by atoms with Gasteiger partial charge < -0.3 is 0 Å². The first kappa shape index (κ1) is 13.8. The van der Waals surface area contributed by atoms with Crippen molar-refractivity contribution in [1.82, 2.24) is 0 Å². The maximum absolute atomic E-state index is 2.34. The SMILES string of the molecule is CCC(C)(C)c1cccc(-c2ccccc2C)[n+]1C. The molecule has 0 fully saturated rings. The third-order valence-electron chi connectivity index (χ3n) is 4.23. The molecule has 1 heteroatoms. The number of benzene rings is 1. The van der Waals surface area contributed by atoms with E-state index in [0.29, 0.717) is 0 Å². The zero-order valence-corrected chi connectivity index (χ0v) is 12.7. The van der Waals surface area contributed by atoms with E-state index in [1.807, 2.05) is 0 Å². The van der Waals surface area contributed by atoms with E-state index >= 15 is 0 Å². The molecule has 1 nitrogen and oxygen atoms in total. The quantitative estimate of drug-likeness (QED) is 0.724. The highest BCUT2D eigenvalue weighted by Gasteiger charge is 2.28. The molecule has 1 heterocycles. The normalized spacial score (nSPS) is 11.6. The van der Waals surface area contributed by atoms with E-state index in [1.165, 1.54) is 22.5 Å². The first-order valence-corrected chi connectivity index (χ1v) is 7.03. The number of aromatic nitrogens is 1. The zero-order valence-electron chi connectivity index (χ0n) is 12.7. The predicted octanol–water partition coefficient (Wildman–Crippen LogP) is 4.17. The topological polar surface area (TPSA) is 3.88 Å². The fourth-order valence-corrected chi connectivity index (χ4v) is 2.58. The molecule has 0 saturated carbocycles. The molecule has 1 aromatic heterocycles. The Balaban J connectivity index is 2.62. The van der Waals surface area contributed by atoms with Gasteiger partial charge in [-0.1, -0.05) is 25.1 Å². The van der Waals surface area contributed by atoms with Crippen LogP contribution in [0.5, 0.6) is 0 Å². The van der Waals surface area contributed by atoms with E-state index in [2.05, 4.69) is 81.8 Å². The van der Waals surface area contributed by atoms with E-state index in [-0.39, 0.29) is 5.41 Å². The lowest BCUT2D eigenvalue weighted by atomic mass is 9.85. The standard InChI is InChI=1S/C18H24N/c1-6-18(3,4)17-13-9-12-16(19(17)5)15-11-8-7-10-14(15)2/h7-13H,6H2,1-5H3/q+1. The molecule has 0 amide bonds. The maximum Gasteiger partial charge on any atom is 0.212 e. The van der Waals surface area contributed by atoms with Gasteiger partial charge in [-0.2, -0.15) is 4.57 Å². The minimum Gasteiger partial charge on any atom is -0.198 e. The molecule has 0 unspecified atom stereocenters. The smallest absolute Gasteiger partial charge is 0.198 e. The highest BCUT2D eigenvalue weighted by molar-refractivity contribution is 5.60. The average molecular weight is 254 g/mol. The van der Waals surface area contributed by atoms with E-state index < -0.39 is 0 Å². The number of rotatable bonds is 3. The van der Waals surface area contributed by atoms with Crippen molar-refractivity contribution in [3.05, 3.63) is 53.7 Å². The van der Waals surface area contributed by atoms with E-state index in [4.69, 9.17) is 0 Å². The van der Waals surface area contributed by atoms with Gasteiger partial charge in [0.15, 0.2) is 5.69 Å². The van der Waals surface area contributed by atoms with Crippen LogP contribution in [-0.4, -0.2) is 0 Å². The molecule has 1 aromatic carbocycles. The van der Waals surface area contributed by atoms with Gasteiger partial charge >= 0.3 is 0 Å². The maximum atomic E-state index is 2.34. The van der Waals surface area contributed by atoms with Crippen molar-refractivity contribution in [2.45, 2.75) is 39.5 Å². The van der Waals surface area contributed by atoms with Crippen molar-refractivity contribution in [3.8, 4) is 11.3 Å². The summed E-state index contributed by atoms with van der Waals surface area (Å²) in [4.78, 5) is 0. The van der Waals surface area contributed by atoms with Gasteiger partial charge in [0.2, 0.25) is 5.69 Å². The summed E-state index contributed by atoms with van der Waals surface area (Å²) in [5, 5.41) is 0. The van der Waals surface area contributed by atoms with Crippen molar-refractivity contribution >= 4 is 0 Å². The first-order valence-electron chi connectivity index (χ1n) is 7.03. The molecule has 2 aromatic rings. The van der Waals surface area contributed by atoms with Gasteiger partial charge in [-0.3, -0.25) is 0 Å². The number of pyridine rings is 1. The largest absolute Gasteiger partial charge is 0.212 e. The van der Waals surface area contributed by atoms with Crippen LogP contribution in [0.3, 0.4) is 0 Å². The summed E-state index contributed by atoms with van der Waals surface area (Å²) < 4.78 is 2.34. The molecule has 0 spiro atoms. The van der Waals surface area contributed by atoms with Gasteiger partial charge in [0.1, 0.15) is 7.05 Å². The molecule has 100 valence electrons. The molecule has 0 aliphatic carbocycles. The Morgan fingerprint density at radius 3 is 2.32 bits per heavy atom. The molecule has 2 rings (SSSR count). The Hall–Kier alpha value is -1.63. The van der Waals surface area contributed by atoms with Crippen LogP contribution in [0.4, 0.5) is 0 Å². The Morgan fingerprint density at radius 1 is 1.00 bits per heavy atom. The fourth-order valence-electron chi connectivity index (χ4n) is 2.58. The number of nitrogens with zero attached hydrogens (tertiary/aromatic N) is 1. The van der Waals surface area contributed by atoms with E-state index in [0.717, 1.165) is 6.42 Å². The summed E-state index contributed by atoms with van der Waals surface area (Å²) in [6.07, 6.45) is 1.14. The van der Waals surface area contributed by atoms with Gasteiger partial charge in [0.25, 0.3) is 0 Å². The molecule has 0 atom stereocenters. The molecular weight excluding hydrogens is 230 g/mol. The highest BCUT2D eigenvalue weighted by atomic mass is 15.0. The second kappa shape index (κ2) is 5.16. The summed E-state index contributed by atoms with van der Waals surface area (Å²) in [6.45, 7) is 9.04.